The quantitative estimate of drug-likeness (QED) is 0.627. The molecule has 0 N–H and O–H groups in total. The average molecular weight is 438 g/mol. The SMILES string of the molecule is Cc1ccc(-c2cc(C(=O)N3CCCN(S(C)(=O)=O)CC3)c3ccccc3n2)c(C)c1. The molecule has 0 unspecified atom stereocenters. The summed E-state index contributed by atoms with van der Waals surface area (Å²) >= 11 is 0. The number of sulfonamides is 1. The van der Waals surface area contributed by atoms with Crippen LogP contribution in [0.2, 0.25) is 0 Å². The first-order valence-electron chi connectivity index (χ1n) is 10.5. The van der Waals surface area contributed by atoms with Gasteiger partial charge in [-0.15, -0.1) is 0 Å². The van der Waals surface area contributed by atoms with Gasteiger partial charge in [-0.3, -0.25) is 4.79 Å². The van der Waals surface area contributed by atoms with Gasteiger partial charge in [0.05, 0.1) is 23.0 Å². The van der Waals surface area contributed by atoms with Gasteiger partial charge >= 0.3 is 0 Å². The molecule has 1 amide bonds. The second kappa shape index (κ2) is 8.40. The van der Waals surface area contributed by atoms with Crippen LogP contribution >= 0.6 is 0 Å². The van der Waals surface area contributed by atoms with Crippen LogP contribution in [0.25, 0.3) is 22.2 Å². The number of carbonyl (C=O) groups is 1. The molecule has 162 valence electrons. The minimum atomic E-state index is -3.26. The third-order valence-corrected chi connectivity index (χ3v) is 7.12. The molecule has 31 heavy (non-hydrogen) atoms. The Morgan fingerprint density at radius 3 is 2.48 bits per heavy atom. The summed E-state index contributed by atoms with van der Waals surface area (Å²) in [7, 11) is -3.26. The van der Waals surface area contributed by atoms with E-state index in [0.717, 1.165) is 27.7 Å². The lowest BCUT2D eigenvalue weighted by Gasteiger charge is -2.22. The number of pyridine rings is 1. The van der Waals surface area contributed by atoms with Crippen LogP contribution in [0.5, 0.6) is 0 Å². The van der Waals surface area contributed by atoms with Crippen LogP contribution in [0.4, 0.5) is 0 Å². The number of para-hydroxylation sites is 1. The summed E-state index contributed by atoms with van der Waals surface area (Å²) in [5, 5.41) is 0.810. The Morgan fingerprint density at radius 1 is 0.968 bits per heavy atom. The van der Waals surface area contributed by atoms with Crippen LogP contribution < -0.4 is 0 Å². The van der Waals surface area contributed by atoms with Crippen molar-refractivity contribution >= 4 is 26.8 Å². The van der Waals surface area contributed by atoms with Crippen LogP contribution in [0.1, 0.15) is 27.9 Å². The standard InChI is InChI=1S/C24H27N3O3S/c1-17-9-10-19(18(2)15-17)23-16-21(20-7-4-5-8-22(20)25-23)24(28)26-11-6-12-27(14-13-26)31(3,29)30/h4-5,7-10,15-16H,6,11-14H2,1-3H3. The lowest BCUT2D eigenvalue weighted by molar-refractivity contribution is 0.0766. The van der Waals surface area contributed by atoms with Gasteiger partial charge in [0.25, 0.3) is 5.91 Å². The molecule has 6 nitrogen and oxygen atoms in total. The maximum Gasteiger partial charge on any atom is 0.254 e. The van der Waals surface area contributed by atoms with Crippen LogP contribution in [-0.2, 0) is 10.0 Å². The van der Waals surface area contributed by atoms with Crippen LogP contribution in [0.15, 0.2) is 48.5 Å². The molecule has 0 atom stereocenters. The van der Waals surface area contributed by atoms with Gasteiger partial charge in [0, 0.05) is 37.1 Å². The summed E-state index contributed by atoms with van der Waals surface area (Å²) in [6, 6.07) is 15.8. The van der Waals surface area contributed by atoms with Crippen molar-refractivity contribution in [2.75, 3.05) is 32.4 Å². The number of fused-ring (bicyclic) bond motifs is 1. The molecule has 0 saturated carbocycles. The summed E-state index contributed by atoms with van der Waals surface area (Å²) in [4.78, 5) is 20.2. The molecule has 2 aromatic carbocycles. The molecule has 4 rings (SSSR count). The molecule has 7 heteroatoms. The number of benzene rings is 2. The van der Waals surface area contributed by atoms with Gasteiger partial charge in [0.2, 0.25) is 10.0 Å². The number of hydrogen-bond donors (Lipinski definition) is 0. The highest BCUT2D eigenvalue weighted by molar-refractivity contribution is 7.88. The molecular formula is C24H27N3O3S. The minimum absolute atomic E-state index is 0.0834. The molecule has 1 fully saturated rings. The van der Waals surface area contributed by atoms with Gasteiger partial charge < -0.3 is 4.90 Å². The van der Waals surface area contributed by atoms with E-state index in [4.69, 9.17) is 4.98 Å². The van der Waals surface area contributed by atoms with E-state index in [1.54, 1.807) is 4.90 Å². The zero-order valence-corrected chi connectivity index (χ0v) is 18.9. The van der Waals surface area contributed by atoms with E-state index in [0.29, 0.717) is 38.2 Å². The second-order valence-electron chi connectivity index (χ2n) is 8.20. The fraction of sp³-hybridized carbons (Fsp3) is 0.333. The lowest BCUT2D eigenvalue weighted by Crippen LogP contribution is -2.37. The zero-order chi connectivity index (χ0) is 22.2. The summed E-state index contributed by atoms with van der Waals surface area (Å²) in [6.07, 6.45) is 1.84. The zero-order valence-electron chi connectivity index (χ0n) is 18.1. The molecule has 1 aromatic heterocycles. The van der Waals surface area contributed by atoms with Gasteiger partial charge in [-0.25, -0.2) is 17.7 Å². The summed E-state index contributed by atoms with van der Waals surface area (Å²) < 4.78 is 25.3. The van der Waals surface area contributed by atoms with E-state index in [-0.39, 0.29) is 5.91 Å². The van der Waals surface area contributed by atoms with E-state index < -0.39 is 10.0 Å². The third kappa shape index (κ3) is 4.48. The normalized spacial score (nSPS) is 15.8. The first kappa shape index (κ1) is 21.5. The number of aryl methyl sites for hydroxylation is 2. The highest BCUT2D eigenvalue weighted by Gasteiger charge is 2.26. The van der Waals surface area contributed by atoms with Crippen molar-refractivity contribution in [1.82, 2.24) is 14.2 Å². The number of nitrogens with zero attached hydrogens (tertiary/aromatic N) is 3. The Bertz CT molecular complexity index is 1250. The Labute approximate surface area is 183 Å². The molecule has 0 bridgehead atoms. The smallest absolute Gasteiger partial charge is 0.254 e. The van der Waals surface area contributed by atoms with Crippen LogP contribution in [0.3, 0.4) is 0 Å². The van der Waals surface area contributed by atoms with Crippen molar-refractivity contribution in [1.29, 1.82) is 0 Å². The molecule has 1 aliphatic heterocycles. The molecule has 0 aliphatic carbocycles. The molecule has 1 saturated heterocycles. The Hall–Kier alpha value is -2.77. The summed E-state index contributed by atoms with van der Waals surface area (Å²) in [5.74, 6) is -0.0834. The van der Waals surface area contributed by atoms with Crippen molar-refractivity contribution in [2.24, 2.45) is 0 Å². The molecule has 2 heterocycles. The van der Waals surface area contributed by atoms with Gasteiger partial charge in [-0.2, -0.15) is 0 Å². The summed E-state index contributed by atoms with van der Waals surface area (Å²) in [6.45, 7) is 5.76. The largest absolute Gasteiger partial charge is 0.337 e. The van der Waals surface area contributed by atoms with Crippen LogP contribution in [-0.4, -0.2) is 60.9 Å². The van der Waals surface area contributed by atoms with Gasteiger partial charge in [-0.05, 0) is 38.0 Å². The van der Waals surface area contributed by atoms with Gasteiger partial charge in [0.15, 0.2) is 0 Å². The van der Waals surface area contributed by atoms with E-state index in [1.165, 1.54) is 16.1 Å². The first-order chi connectivity index (χ1) is 14.7. The second-order valence-corrected chi connectivity index (χ2v) is 10.2. The van der Waals surface area contributed by atoms with Gasteiger partial charge in [-0.1, -0.05) is 42.0 Å². The monoisotopic (exact) mass is 437 g/mol. The molecule has 0 radical (unpaired) electrons. The lowest BCUT2D eigenvalue weighted by atomic mass is 9.99. The average Bonchev–Trinajstić information content (AvgIpc) is 2.99. The number of carbonyl (C=O) groups excluding carboxylic acids is 1. The van der Waals surface area contributed by atoms with Crippen molar-refractivity contribution in [2.45, 2.75) is 20.3 Å². The maximum atomic E-state index is 13.6. The van der Waals surface area contributed by atoms with Crippen LogP contribution in [0, 0.1) is 13.8 Å². The Balaban J connectivity index is 1.75. The van der Waals surface area contributed by atoms with Crippen molar-refractivity contribution in [3.63, 3.8) is 0 Å². The highest BCUT2D eigenvalue weighted by atomic mass is 32.2. The van der Waals surface area contributed by atoms with E-state index >= 15 is 0 Å². The fourth-order valence-electron chi connectivity index (χ4n) is 4.19. The Kier molecular flexibility index (Phi) is 5.81. The predicted molar refractivity (Wildman–Crippen MR) is 124 cm³/mol. The predicted octanol–water partition coefficient (Wildman–Crippen LogP) is 3.63. The number of aromatic nitrogens is 1. The van der Waals surface area contributed by atoms with Crippen molar-refractivity contribution in [3.05, 3.63) is 65.2 Å². The van der Waals surface area contributed by atoms with E-state index in [9.17, 15) is 13.2 Å². The number of amides is 1. The van der Waals surface area contributed by atoms with E-state index in [2.05, 4.69) is 26.0 Å². The number of rotatable bonds is 3. The summed E-state index contributed by atoms with van der Waals surface area (Å²) in [5.41, 5.74) is 5.44. The Morgan fingerprint density at radius 2 is 1.74 bits per heavy atom. The highest BCUT2D eigenvalue weighted by Crippen LogP contribution is 2.28. The number of hydrogen-bond acceptors (Lipinski definition) is 4. The first-order valence-corrected chi connectivity index (χ1v) is 12.3. The molecular weight excluding hydrogens is 410 g/mol. The van der Waals surface area contributed by atoms with Crippen molar-refractivity contribution < 1.29 is 13.2 Å². The van der Waals surface area contributed by atoms with Crippen molar-refractivity contribution in [3.8, 4) is 11.3 Å². The van der Waals surface area contributed by atoms with E-state index in [1.807, 2.05) is 36.4 Å². The molecule has 1 aliphatic rings. The topological polar surface area (TPSA) is 70.6 Å². The molecule has 3 aromatic rings. The molecule has 0 spiro atoms. The van der Waals surface area contributed by atoms with Gasteiger partial charge in [0.1, 0.15) is 0 Å². The third-order valence-electron chi connectivity index (χ3n) is 5.82. The maximum absolute atomic E-state index is 13.6. The minimum Gasteiger partial charge on any atom is -0.337 e. The fourth-order valence-corrected chi connectivity index (χ4v) is 5.06.